The largest absolute Gasteiger partial charge is 0.355 e. The monoisotopic (exact) mass is 509 g/mol. The van der Waals surface area contributed by atoms with Gasteiger partial charge in [-0.05, 0) is 29.8 Å². The molecule has 1 aromatic carbocycles. The van der Waals surface area contributed by atoms with Crippen LogP contribution < -0.4 is 15.4 Å². The van der Waals surface area contributed by atoms with Gasteiger partial charge in [0.25, 0.3) is 0 Å². The van der Waals surface area contributed by atoms with Crippen LogP contribution in [0, 0.1) is 0 Å². The summed E-state index contributed by atoms with van der Waals surface area (Å²) in [5.74, 6) is 0.579. The van der Waals surface area contributed by atoms with E-state index in [-0.39, 0.29) is 35.4 Å². The zero-order valence-corrected chi connectivity index (χ0v) is 18.0. The smallest absolute Gasteiger partial charge is 0.242 e. The molecule has 2 rings (SSSR count). The van der Waals surface area contributed by atoms with E-state index >= 15 is 0 Å². The number of pyridine rings is 1. The topological polar surface area (TPSA) is 95.5 Å². The molecular weight excluding hydrogens is 489 g/mol. The summed E-state index contributed by atoms with van der Waals surface area (Å²) in [5, 5.41) is 6.88. The maximum absolute atomic E-state index is 12.0. The van der Waals surface area contributed by atoms with Gasteiger partial charge in [0.15, 0.2) is 5.96 Å². The lowest BCUT2D eigenvalue weighted by atomic mass is 10.2. The number of sulfonamides is 1. The predicted octanol–water partition coefficient (Wildman–Crippen LogP) is 2.00. The highest BCUT2D eigenvalue weighted by atomic mass is 127. The number of hydrogen-bond donors (Lipinski definition) is 3. The molecule has 7 nitrogen and oxygen atoms in total. The zero-order chi connectivity index (χ0) is 18.1. The van der Waals surface area contributed by atoms with E-state index in [4.69, 9.17) is 11.6 Å². The number of hydrogen-bond acceptors (Lipinski definition) is 4. The summed E-state index contributed by atoms with van der Waals surface area (Å²) >= 11 is 5.85. The van der Waals surface area contributed by atoms with Crippen LogP contribution in [-0.2, 0) is 16.6 Å². The van der Waals surface area contributed by atoms with E-state index in [1.54, 1.807) is 13.1 Å². The molecule has 3 N–H and O–H groups in total. The molecule has 0 spiro atoms. The minimum atomic E-state index is -3.55. The van der Waals surface area contributed by atoms with E-state index in [0.29, 0.717) is 24.1 Å². The lowest BCUT2D eigenvalue weighted by Gasteiger charge is -2.12. The number of benzene rings is 1. The molecule has 142 valence electrons. The van der Waals surface area contributed by atoms with Crippen molar-refractivity contribution >= 4 is 51.6 Å². The second-order valence-electron chi connectivity index (χ2n) is 5.07. The summed E-state index contributed by atoms with van der Waals surface area (Å²) in [6.07, 6.45) is 2.83. The highest BCUT2D eigenvalue weighted by Crippen LogP contribution is 2.09. The molecule has 2 aromatic rings. The molecule has 0 atom stereocenters. The summed E-state index contributed by atoms with van der Waals surface area (Å²) in [5.41, 5.74) is 1.06. The van der Waals surface area contributed by atoms with E-state index in [9.17, 15) is 8.42 Å². The third-order valence-electron chi connectivity index (χ3n) is 3.25. The average Bonchev–Trinajstić information content (AvgIpc) is 2.63. The van der Waals surface area contributed by atoms with Crippen molar-refractivity contribution in [2.24, 2.45) is 4.99 Å². The van der Waals surface area contributed by atoms with Crippen molar-refractivity contribution in [1.82, 2.24) is 20.3 Å². The molecule has 0 aliphatic carbocycles. The molecule has 0 radical (unpaired) electrons. The molecule has 0 bridgehead atoms. The second kappa shape index (κ2) is 11.3. The molecule has 0 fully saturated rings. The van der Waals surface area contributed by atoms with Gasteiger partial charge in [0, 0.05) is 44.1 Å². The number of rotatable bonds is 7. The van der Waals surface area contributed by atoms with Crippen LogP contribution in [0.15, 0.2) is 58.7 Å². The highest BCUT2D eigenvalue weighted by molar-refractivity contribution is 14.0. The van der Waals surface area contributed by atoms with Crippen LogP contribution in [0.3, 0.4) is 0 Å². The first-order valence-electron chi connectivity index (χ1n) is 7.60. The maximum Gasteiger partial charge on any atom is 0.242 e. The van der Waals surface area contributed by atoms with Crippen LogP contribution in [0.5, 0.6) is 0 Å². The Morgan fingerprint density at radius 2 is 1.88 bits per heavy atom. The Morgan fingerprint density at radius 3 is 2.50 bits per heavy atom. The van der Waals surface area contributed by atoms with E-state index in [1.165, 1.54) is 18.5 Å². The van der Waals surface area contributed by atoms with Gasteiger partial charge in [0.1, 0.15) is 4.90 Å². The third kappa shape index (κ3) is 7.44. The van der Waals surface area contributed by atoms with Crippen molar-refractivity contribution in [2.75, 3.05) is 20.1 Å². The quantitative estimate of drug-likeness (QED) is 0.230. The summed E-state index contributed by atoms with van der Waals surface area (Å²) in [6.45, 7) is 1.19. The number of halogens is 2. The van der Waals surface area contributed by atoms with Crippen LogP contribution in [-0.4, -0.2) is 39.5 Å². The van der Waals surface area contributed by atoms with Crippen molar-refractivity contribution in [1.29, 1.82) is 0 Å². The second-order valence-corrected chi connectivity index (χ2v) is 7.27. The van der Waals surface area contributed by atoms with Crippen LogP contribution in [0.2, 0.25) is 5.02 Å². The molecule has 0 unspecified atom stereocenters. The fraction of sp³-hybridized carbons (Fsp3) is 0.250. The summed E-state index contributed by atoms with van der Waals surface area (Å²) in [7, 11) is -1.90. The highest BCUT2D eigenvalue weighted by Gasteiger charge is 2.12. The van der Waals surface area contributed by atoms with Gasteiger partial charge in [0.05, 0.1) is 0 Å². The Labute approximate surface area is 175 Å². The fourth-order valence-electron chi connectivity index (χ4n) is 1.96. The fourth-order valence-corrected chi connectivity index (χ4v) is 3.09. The summed E-state index contributed by atoms with van der Waals surface area (Å²) < 4.78 is 26.6. The Bertz CT molecular complexity index is 801. The Kier molecular flexibility index (Phi) is 9.84. The molecule has 0 aliphatic rings. The van der Waals surface area contributed by atoms with Crippen molar-refractivity contribution < 1.29 is 8.42 Å². The van der Waals surface area contributed by atoms with Crippen molar-refractivity contribution in [3.8, 4) is 0 Å². The van der Waals surface area contributed by atoms with Gasteiger partial charge in [-0.25, -0.2) is 13.1 Å². The number of nitrogens with zero attached hydrogens (tertiary/aromatic N) is 2. The van der Waals surface area contributed by atoms with Gasteiger partial charge >= 0.3 is 0 Å². The lowest BCUT2D eigenvalue weighted by molar-refractivity contribution is 0.580. The standard InChI is InChI=1S/C16H20ClN5O2S.HI/c1-18-16(21-11-13-4-6-14(17)7-5-13)20-9-10-22-25(23,24)15-3-2-8-19-12-15;/h2-8,12,22H,9-11H2,1H3,(H2,18,20,21);1H. The average molecular weight is 510 g/mol. The van der Waals surface area contributed by atoms with Gasteiger partial charge in [-0.1, -0.05) is 23.7 Å². The third-order valence-corrected chi connectivity index (χ3v) is 4.95. The molecule has 0 saturated carbocycles. The molecule has 1 heterocycles. The molecule has 26 heavy (non-hydrogen) atoms. The summed E-state index contributed by atoms with van der Waals surface area (Å²) in [6, 6.07) is 10.6. The van der Waals surface area contributed by atoms with Crippen LogP contribution in [0.25, 0.3) is 0 Å². The zero-order valence-electron chi connectivity index (χ0n) is 14.1. The maximum atomic E-state index is 12.0. The normalized spacial score (nSPS) is 11.5. The van der Waals surface area contributed by atoms with Crippen molar-refractivity contribution in [2.45, 2.75) is 11.4 Å². The van der Waals surface area contributed by atoms with E-state index < -0.39 is 10.0 Å². The number of nitrogens with one attached hydrogen (secondary N) is 3. The molecular formula is C16H21ClIN5O2S. The van der Waals surface area contributed by atoms with E-state index in [2.05, 4.69) is 25.3 Å². The van der Waals surface area contributed by atoms with Gasteiger partial charge < -0.3 is 10.6 Å². The van der Waals surface area contributed by atoms with Gasteiger partial charge in [-0.3, -0.25) is 9.98 Å². The minimum absolute atomic E-state index is 0. The number of aliphatic imine (C=N–C) groups is 1. The lowest BCUT2D eigenvalue weighted by Crippen LogP contribution is -2.41. The number of aromatic nitrogens is 1. The van der Waals surface area contributed by atoms with E-state index in [1.807, 2.05) is 24.3 Å². The van der Waals surface area contributed by atoms with Crippen LogP contribution >= 0.6 is 35.6 Å². The first-order chi connectivity index (χ1) is 12.0. The van der Waals surface area contributed by atoms with E-state index in [0.717, 1.165) is 5.56 Å². The molecule has 0 amide bonds. The Hall–Kier alpha value is -1.43. The van der Waals surface area contributed by atoms with Crippen LogP contribution in [0.1, 0.15) is 5.56 Å². The van der Waals surface area contributed by atoms with Crippen molar-refractivity contribution in [3.63, 3.8) is 0 Å². The van der Waals surface area contributed by atoms with Gasteiger partial charge in [0.2, 0.25) is 10.0 Å². The first kappa shape index (κ1) is 22.6. The number of guanidine groups is 1. The molecule has 0 saturated heterocycles. The Morgan fingerprint density at radius 1 is 1.15 bits per heavy atom. The van der Waals surface area contributed by atoms with Gasteiger partial charge in [-0.2, -0.15) is 0 Å². The molecule has 1 aromatic heterocycles. The van der Waals surface area contributed by atoms with Gasteiger partial charge in [-0.15, -0.1) is 24.0 Å². The predicted molar refractivity (Wildman–Crippen MR) is 114 cm³/mol. The molecule has 10 heteroatoms. The SMILES string of the molecule is CN=C(NCCNS(=O)(=O)c1cccnc1)NCc1ccc(Cl)cc1.I. The summed E-state index contributed by atoms with van der Waals surface area (Å²) in [4.78, 5) is 8.04. The van der Waals surface area contributed by atoms with Crippen LogP contribution in [0.4, 0.5) is 0 Å². The molecule has 0 aliphatic heterocycles. The van der Waals surface area contributed by atoms with Crippen molar-refractivity contribution in [3.05, 3.63) is 59.4 Å². The Balaban J connectivity index is 0.00000338. The first-order valence-corrected chi connectivity index (χ1v) is 9.46. The minimum Gasteiger partial charge on any atom is -0.355 e.